The van der Waals surface area contributed by atoms with Gasteiger partial charge in [0.2, 0.25) is 0 Å². The predicted molar refractivity (Wildman–Crippen MR) is 79.9 cm³/mol. The summed E-state index contributed by atoms with van der Waals surface area (Å²) < 4.78 is 5.11. The Kier molecular flexibility index (Phi) is 6.62. The summed E-state index contributed by atoms with van der Waals surface area (Å²) in [6, 6.07) is 5.66. The third-order valence-corrected chi connectivity index (χ3v) is 2.88. The quantitative estimate of drug-likeness (QED) is 0.490. The van der Waals surface area contributed by atoms with E-state index in [4.69, 9.17) is 22.8 Å². The summed E-state index contributed by atoms with van der Waals surface area (Å²) in [6.45, 7) is 1.17. The normalized spacial score (nSPS) is 10.7. The number of guanidine groups is 1. The third-order valence-electron chi connectivity index (χ3n) is 2.53. The fourth-order valence-corrected chi connectivity index (χ4v) is 1.79. The molecule has 0 amide bonds. The first-order valence-electron chi connectivity index (χ1n) is 5.91. The summed E-state index contributed by atoms with van der Waals surface area (Å²) in [6.07, 6.45) is 5.97. The summed E-state index contributed by atoms with van der Waals surface area (Å²) in [5.74, 6) is 3.94. The zero-order valence-corrected chi connectivity index (χ0v) is 11.9. The van der Waals surface area contributed by atoms with Crippen LogP contribution in [0.5, 0.6) is 5.75 Å². The second-order valence-electron chi connectivity index (χ2n) is 3.76. The summed E-state index contributed by atoms with van der Waals surface area (Å²) >= 11 is 6.16. The Morgan fingerprint density at radius 3 is 2.84 bits per heavy atom. The standard InChI is InChI=1S/C14H18ClN3O/c1-4-8-17-14(16-2)18-9-7-11-5-6-12(19-3)10-13(11)15/h1,5-6,10H,7-9H2,2-3H3,(H2,16,17,18). The molecule has 0 saturated heterocycles. The largest absolute Gasteiger partial charge is 0.497 e. The molecule has 1 aromatic carbocycles. The lowest BCUT2D eigenvalue weighted by molar-refractivity contribution is 0.414. The molecule has 0 aromatic heterocycles. The van der Waals surface area contributed by atoms with Crippen molar-refractivity contribution in [1.29, 1.82) is 0 Å². The van der Waals surface area contributed by atoms with E-state index in [0.717, 1.165) is 24.3 Å². The van der Waals surface area contributed by atoms with Gasteiger partial charge in [-0.15, -0.1) is 6.42 Å². The Morgan fingerprint density at radius 1 is 1.47 bits per heavy atom. The third kappa shape index (κ3) is 5.11. The fourth-order valence-electron chi connectivity index (χ4n) is 1.53. The molecule has 2 N–H and O–H groups in total. The van der Waals surface area contributed by atoms with E-state index in [9.17, 15) is 0 Å². The lowest BCUT2D eigenvalue weighted by atomic mass is 10.1. The molecular formula is C14H18ClN3O. The average molecular weight is 280 g/mol. The molecule has 0 heterocycles. The van der Waals surface area contributed by atoms with Crippen molar-refractivity contribution in [2.24, 2.45) is 4.99 Å². The molecule has 0 aliphatic heterocycles. The van der Waals surface area contributed by atoms with Crippen LogP contribution in [-0.4, -0.2) is 33.2 Å². The molecule has 0 atom stereocenters. The molecule has 0 spiro atoms. The second kappa shape index (κ2) is 8.28. The van der Waals surface area contributed by atoms with Gasteiger partial charge < -0.3 is 15.4 Å². The number of hydrogen-bond donors (Lipinski definition) is 2. The second-order valence-corrected chi connectivity index (χ2v) is 4.17. The van der Waals surface area contributed by atoms with Crippen molar-refractivity contribution < 1.29 is 4.74 Å². The maximum atomic E-state index is 6.16. The highest BCUT2D eigenvalue weighted by molar-refractivity contribution is 6.31. The number of hydrogen-bond acceptors (Lipinski definition) is 2. The number of methoxy groups -OCH3 is 1. The Morgan fingerprint density at radius 2 is 2.26 bits per heavy atom. The molecule has 0 aliphatic rings. The summed E-state index contributed by atoms with van der Waals surface area (Å²) in [5, 5.41) is 6.85. The minimum absolute atomic E-state index is 0.447. The van der Waals surface area contributed by atoms with E-state index in [-0.39, 0.29) is 0 Å². The SMILES string of the molecule is C#CCNC(=NC)NCCc1ccc(OC)cc1Cl. The highest BCUT2D eigenvalue weighted by Crippen LogP contribution is 2.22. The van der Waals surface area contributed by atoms with Crippen LogP contribution >= 0.6 is 11.6 Å². The molecule has 0 radical (unpaired) electrons. The van der Waals surface area contributed by atoms with Crippen molar-refractivity contribution in [3.63, 3.8) is 0 Å². The number of aliphatic imine (C=N–C) groups is 1. The van der Waals surface area contributed by atoms with Gasteiger partial charge in [0.15, 0.2) is 5.96 Å². The zero-order valence-electron chi connectivity index (χ0n) is 11.2. The average Bonchev–Trinajstić information content (AvgIpc) is 2.44. The molecule has 19 heavy (non-hydrogen) atoms. The number of nitrogens with zero attached hydrogens (tertiary/aromatic N) is 1. The van der Waals surface area contributed by atoms with Gasteiger partial charge in [0, 0.05) is 18.6 Å². The maximum absolute atomic E-state index is 6.16. The maximum Gasteiger partial charge on any atom is 0.191 e. The van der Waals surface area contributed by atoms with E-state index >= 15 is 0 Å². The highest BCUT2D eigenvalue weighted by atomic mass is 35.5. The van der Waals surface area contributed by atoms with Crippen molar-refractivity contribution >= 4 is 17.6 Å². The van der Waals surface area contributed by atoms with Crippen LogP contribution in [0.25, 0.3) is 0 Å². The number of benzene rings is 1. The van der Waals surface area contributed by atoms with Crippen LogP contribution in [-0.2, 0) is 6.42 Å². The van der Waals surface area contributed by atoms with E-state index in [1.807, 2.05) is 18.2 Å². The van der Waals surface area contributed by atoms with Gasteiger partial charge >= 0.3 is 0 Å². The first-order chi connectivity index (χ1) is 9.21. The Balaban J connectivity index is 2.47. The smallest absolute Gasteiger partial charge is 0.191 e. The number of halogens is 1. The van der Waals surface area contributed by atoms with E-state index in [0.29, 0.717) is 17.5 Å². The Bertz CT molecular complexity index is 480. The molecule has 1 aromatic rings. The lowest BCUT2D eigenvalue weighted by Crippen LogP contribution is -2.38. The van der Waals surface area contributed by atoms with Crippen molar-refractivity contribution in [3.05, 3.63) is 28.8 Å². The molecule has 0 fully saturated rings. The summed E-state index contributed by atoms with van der Waals surface area (Å²) in [4.78, 5) is 4.05. The van der Waals surface area contributed by atoms with E-state index in [2.05, 4.69) is 21.5 Å². The lowest BCUT2D eigenvalue weighted by Gasteiger charge is -2.11. The molecule has 0 unspecified atom stereocenters. The van der Waals surface area contributed by atoms with Crippen LogP contribution in [0.15, 0.2) is 23.2 Å². The summed E-state index contributed by atoms with van der Waals surface area (Å²) in [7, 11) is 3.32. The molecular weight excluding hydrogens is 262 g/mol. The van der Waals surface area contributed by atoms with Gasteiger partial charge in [0.1, 0.15) is 5.75 Å². The molecule has 0 aliphatic carbocycles. The van der Waals surface area contributed by atoms with Crippen molar-refractivity contribution in [2.75, 3.05) is 27.2 Å². The van der Waals surface area contributed by atoms with Crippen molar-refractivity contribution in [3.8, 4) is 18.1 Å². The van der Waals surface area contributed by atoms with Gasteiger partial charge in [0.05, 0.1) is 13.7 Å². The number of rotatable bonds is 5. The minimum atomic E-state index is 0.447. The van der Waals surface area contributed by atoms with Gasteiger partial charge in [-0.2, -0.15) is 0 Å². The van der Waals surface area contributed by atoms with Crippen LogP contribution in [0.1, 0.15) is 5.56 Å². The monoisotopic (exact) mass is 279 g/mol. The number of terminal acetylenes is 1. The van der Waals surface area contributed by atoms with Crippen LogP contribution < -0.4 is 15.4 Å². The van der Waals surface area contributed by atoms with Crippen LogP contribution in [0.3, 0.4) is 0 Å². The van der Waals surface area contributed by atoms with E-state index in [1.54, 1.807) is 14.2 Å². The first-order valence-corrected chi connectivity index (χ1v) is 6.29. The van der Waals surface area contributed by atoms with E-state index < -0.39 is 0 Å². The number of nitrogens with one attached hydrogen (secondary N) is 2. The highest BCUT2D eigenvalue weighted by Gasteiger charge is 2.03. The van der Waals surface area contributed by atoms with Gasteiger partial charge in [-0.1, -0.05) is 23.6 Å². The molecule has 0 saturated carbocycles. The van der Waals surface area contributed by atoms with Gasteiger partial charge in [-0.25, -0.2) is 0 Å². The van der Waals surface area contributed by atoms with Crippen LogP contribution in [0.4, 0.5) is 0 Å². The van der Waals surface area contributed by atoms with Crippen molar-refractivity contribution in [1.82, 2.24) is 10.6 Å². The van der Waals surface area contributed by atoms with Gasteiger partial charge in [-0.05, 0) is 24.1 Å². The van der Waals surface area contributed by atoms with Gasteiger partial charge in [0.25, 0.3) is 0 Å². The molecule has 4 nitrogen and oxygen atoms in total. The molecule has 0 bridgehead atoms. The van der Waals surface area contributed by atoms with E-state index in [1.165, 1.54) is 0 Å². The van der Waals surface area contributed by atoms with Gasteiger partial charge in [-0.3, -0.25) is 4.99 Å². The molecule has 102 valence electrons. The first kappa shape index (κ1) is 15.2. The predicted octanol–water partition coefficient (Wildman–Crippen LogP) is 1.69. The summed E-state index contributed by atoms with van der Waals surface area (Å²) in [5.41, 5.74) is 1.06. The Hall–Kier alpha value is -1.86. The molecule has 1 rings (SSSR count). The Labute approximate surface area is 119 Å². The minimum Gasteiger partial charge on any atom is -0.497 e. The zero-order chi connectivity index (χ0) is 14.1. The number of ether oxygens (including phenoxy) is 1. The molecule has 5 heteroatoms. The van der Waals surface area contributed by atoms with Crippen LogP contribution in [0.2, 0.25) is 5.02 Å². The van der Waals surface area contributed by atoms with Crippen LogP contribution in [0, 0.1) is 12.3 Å². The van der Waals surface area contributed by atoms with Crippen molar-refractivity contribution in [2.45, 2.75) is 6.42 Å². The topological polar surface area (TPSA) is 45.7 Å². The fraction of sp³-hybridized carbons (Fsp3) is 0.357.